The fourth-order valence-corrected chi connectivity index (χ4v) is 8.50. The molecule has 1 saturated heterocycles. The van der Waals surface area contributed by atoms with E-state index in [1.165, 1.54) is 33.9 Å². The first-order valence-corrected chi connectivity index (χ1v) is 18.4. The number of carbonyl (C=O) groups excluding carboxylic acids is 1. The van der Waals surface area contributed by atoms with Crippen LogP contribution in [0.3, 0.4) is 0 Å². The molecule has 3 rings (SSSR count). The van der Waals surface area contributed by atoms with Crippen molar-refractivity contribution >= 4 is 56.8 Å². The number of phosphoric ester groups is 1. The molecule has 0 spiro atoms. The summed E-state index contributed by atoms with van der Waals surface area (Å²) in [4.78, 5) is 65.8. The first-order valence-electron chi connectivity index (χ1n) is 11.3. The van der Waals surface area contributed by atoms with Gasteiger partial charge in [0.05, 0.1) is 12.2 Å². The van der Waals surface area contributed by atoms with E-state index in [1.54, 1.807) is 24.3 Å². The summed E-state index contributed by atoms with van der Waals surface area (Å²) in [6, 6.07) is 8.01. The molecule has 0 amide bonds. The SMILES string of the molecule is CSSC(C)c1ccccc1C(=O)O[C@@H]1C[C@H](n2ccc(N)nc2=O)OC1COP(=O)(O)OP(=O)(O)OP(=O)(O)O. The van der Waals surface area contributed by atoms with Crippen molar-refractivity contribution in [1.29, 1.82) is 0 Å². The molecule has 17 nitrogen and oxygen atoms in total. The summed E-state index contributed by atoms with van der Waals surface area (Å²) in [7, 11) is -13.9. The molecule has 0 saturated carbocycles. The maximum Gasteiger partial charge on any atom is 0.490 e. The molecular weight excluding hydrogens is 651 g/mol. The lowest BCUT2D eigenvalue weighted by molar-refractivity contribution is -0.0511. The van der Waals surface area contributed by atoms with Gasteiger partial charge in [-0.05, 0) is 30.9 Å². The van der Waals surface area contributed by atoms with E-state index in [0.717, 1.165) is 4.57 Å². The number of hydrogen-bond donors (Lipinski definition) is 5. The molecule has 1 aromatic heterocycles. The van der Waals surface area contributed by atoms with Gasteiger partial charge >= 0.3 is 35.1 Å². The molecule has 22 heteroatoms. The van der Waals surface area contributed by atoms with Gasteiger partial charge in [-0.1, -0.05) is 39.8 Å². The maximum absolute atomic E-state index is 13.2. The number of anilines is 1. The summed E-state index contributed by atoms with van der Waals surface area (Å²) in [6.07, 6.45) is -0.642. The zero-order chi connectivity index (χ0) is 30.6. The second-order valence-electron chi connectivity index (χ2n) is 8.23. The number of aromatic nitrogens is 2. The lowest BCUT2D eigenvalue weighted by atomic mass is 10.0. The van der Waals surface area contributed by atoms with E-state index in [1.807, 2.05) is 13.2 Å². The third kappa shape index (κ3) is 10.0. The predicted octanol–water partition coefficient (Wildman–Crippen LogP) is 2.75. The molecule has 1 aliphatic rings. The van der Waals surface area contributed by atoms with E-state index in [0.29, 0.717) is 5.56 Å². The molecule has 41 heavy (non-hydrogen) atoms. The monoisotopic (exact) mass is 677 g/mol. The highest BCUT2D eigenvalue weighted by atomic mass is 33.1. The van der Waals surface area contributed by atoms with E-state index in [2.05, 4.69) is 18.1 Å². The summed E-state index contributed by atoms with van der Waals surface area (Å²) in [6.45, 7) is 0.990. The summed E-state index contributed by atoms with van der Waals surface area (Å²) in [5, 5.41) is -0.0955. The number of hydrogen-bond acceptors (Lipinski definition) is 14. The zero-order valence-electron chi connectivity index (χ0n) is 21.2. The lowest BCUT2D eigenvalue weighted by Crippen LogP contribution is -2.31. The van der Waals surface area contributed by atoms with Crippen LogP contribution < -0.4 is 11.4 Å². The highest BCUT2D eigenvalue weighted by Gasteiger charge is 2.44. The van der Waals surface area contributed by atoms with Crippen molar-refractivity contribution in [2.24, 2.45) is 0 Å². The van der Waals surface area contributed by atoms with Gasteiger partial charge in [-0.3, -0.25) is 9.09 Å². The third-order valence-corrected chi connectivity index (χ3v) is 11.3. The van der Waals surface area contributed by atoms with Crippen molar-refractivity contribution in [1.82, 2.24) is 9.55 Å². The fraction of sp³-hybridized carbons (Fsp3) is 0.421. The van der Waals surface area contributed by atoms with Gasteiger partial charge in [-0.15, -0.1) is 0 Å². The van der Waals surface area contributed by atoms with Gasteiger partial charge in [-0.25, -0.2) is 23.3 Å². The van der Waals surface area contributed by atoms with Crippen LogP contribution >= 0.6 is 45.1 Å². The maximum atomic E-state index is 13.2. The molecule has 6 atom stereocenters. The molecule has 2 aromatic rings. The van der Waals surface area contributed by atoms with Gasteiger partial charge in [-0.2, -0.15) is 13.6 Å². The number of carbonyl (C=O) groups is 1. The normalized spacial score (nSPS) is 22.9. The molecule has 1 fully saturated rings. The van der Waals surface area contributed by atoms with Crippen LogP contribution in [-0.4, -0.2) is 60.2 Å². The molecule has 0 radical (unpaired) electrons. The van der Waals surface area contributed by atoms with Gasteiger partial charge in [0.2, 0.25) is 0 Å². The number of benzene rings is 1. The molecule has 228 valence electrons. The van der Waals surface area contributed by atoms with E-state index in [9.17, 15) is 33.1 Å². The highest BCUT2D eigenvalue weighted by molar-refractivity contribution is 8.76. The van der Waals surface area contributed by atoms with Gasteiger partial charge in [0.25, 0.3) is 0 Å². The lowest BCUT2D eigenvalue weighted by Gasteiger charge is -2.22. The minimum absolute atomic E-state index is 0.0646. The van der Waals surface area contributed by atoms with Crippen molar-refractivity contribution in [3.05, 3.63) is 58.1 Å². The Kier molecular flexibility index (Phi) is 11.4. The van der Waals surface area contributed by atoms with Gasteiger partial charge in [0, 0.05) is 17.9 Å². The van der Waals surface area contributed by atoms with Gasteiger partial charge < -0.3 is 34.8 Å². The molecule has 0 aliphatic carbocycles. The minimum atomic E-state index is -5.76. The Balaban J connectivity index is 1.83. The summed E-state index contributed by atoms with van der Waals surface area (Å²) >= 11 is 0. The number of nitrogen functional groups attached to an aromatic ring is 1. The van der Waals surface area contributed by atoms with E-state index in [4.69, 9.17) is 25.0 Å². The second-order valence-corrected chi connectivity index (χ2v) is 15.5. The Hall–Kier alpha value is -1.56. The largest absolute Gasteiger partial charge is 0.490 e. The van der Waals surface area contributed by atoms with Crippen LogP contribution in [0.2, 0.25) is 0 Å². The Morgan fingerprint density at radius 2 is 1.85 bits per heavy atom. The predicted molar refractivity (Wildman–Crippen MR) is 146 cm³/mol. The summed E-state index contributed by atoms with van der Waals surface area (Å²) < 4.78 is 59.3. The van der Waals surface area contributed by atoms with Crippen LogP contribution in [0.15, 0.2) is 41.3 Å². The van der Waals surface area contributed by atoms with Crippen LogP contribution in [0.4, 0.5) is 5.82 Å². The Bertz CT molecular complexity index is 1460. The van der Waals surface area contributed by atoms with Gasteiger partial charge in [0.1, 0.15) is 24.3 Å². The smallest absolute Gasteiger partial charge is 0.456 e. The van der Waals surface area contributed by atoms with Crippen LogP contribution in [-0.2, 0) is 36.3 Å². The third-order valence-electron chi connectivity index (χ3n) is 5.28. The quantitative estimate of drug-likeness (QED) is 0.116. The van der Waals surface area contributed by atoms with Crippen molar-refractivity contribution in [2.75, 3.05) is 18.6 Å². The number of nitrogens with two attached hydrogens (primary N) is 1. The van der Waals surface area contributed by atoms with Crippen molar-refractivity contribution in [3.8, 4) is 0 Å². The molecule has 2 heterocycles. The van der Waals surface area contributed by atoms with Crippen LogP contribution in [0.1, 0.15) is 40.7 Å². The second kappa shape index (κ2) is 13.8. The van der Waals surface area contributed by atoms with Gasteiger partial charge in [0.15, 0.2) is 0 Å². The van der Waals surface area contributed by atoms with Crippen LogP contribution in [0, 0.1) is 0 Å². The summed E-state index contributed by atoms with van der Waals surface area (Å²) in [5.74, 6) is -0.834. The first kappa shape index (κ1) is 33.9. The van der Waals surface area contributed by atoms with Crippen LogP contribution in [0.25, 0.3) is 0 Å². The van der Waals surface area contributed by atoms with Crippen LogP contribution in [0.5, 0.6) is 0 Å². The van der Waals surface area contributed by atoms with E-state index >= 15 is 0 Å². The topological polar surface area (TPSA) is 256 Å². The number of rotatable bonds is 13. The molecule has 0 bridgehead atoms. The number of ether oxygens (including phenoxy) is 2. The highest BCUT2D eigenvalue weighted by Crippen LogP contribution is 2.66. The molecule has 1 aliphatic heterocycles. The standard InChI is InChI=1S/C19H26N3O14P3S2/c1-11(41-40-2)12-5-3-4-6-13(12)18(23)34-14-9-17(22-8-7-16(20)21-19(22)24)33-15(14)10-32-38(28,29)36-39(30,31)35-37(25,26)27/h3-8,11,14-15,17H,9-10H2,1-2H3,(H,28,29)(H,30,31)(H2,20,21,24)(H2,25,26,27)/t11?,14-,15?,17-/m1/s1. The first-order chi connectivity index (χ1) is 19.0. The Morgan fingerprint density at radius 1 is 1.17 bits per heavy atom. The Labute approximate surface area is 240 Å². The molecule has 6 N–H and O–H groups in total. The van der Waals surface area contributed by atoms with E-state index < -0.39 is 60.2 Å². The Morgan fingerprint density at radius 3 is 2.49 bits per heavy atom. The molecular formula is C19H26N3O14P3S2. The fourth-order valence-electron chi connectivity index (χ4n) is 3.70. The number of nitrogens with zero attached hydrogens (tertiary/aromatic N) is 2. The average Bonchev–Trinajstić information content (AvgIpc) is 3.22. The van der Waals surface area contributed by atoms with Crippen molar-refractivity contribution in [3.63, 3.8) is 0 Å². The number of phosphoric acid groups is 3. The van der Waals surface area contributed by atoms with E-state index in [-0.39, 0.29) is 23.1 Å². The molecule has 4 unspecified atom stereocenters. The number of esters is 1. The van der Waals surface area contributed by atoms with Crippen molar-refractivity contribution in [2.45, 2.75) is 37.0 Å². The minimum Gasteiger partial charge on any atom is -0.456 e. The zero-order valence-corrected chi connectivity index (χ0v) is 25.5. The average molecular weight is 677 g/mol. The van der Waals surface area contributed by atoms with Crippen molar-refractivity contribution < 1.29 is 60.7 Å². The molecule has 1 aromatic carbocycles. The summed E-state index contributed by atoms with van der Waals surface area (Å²) in [5.41, 5.74) is 5.63.